The Kier molecular flexibility index (Phi) is 4.37. The van der Waals surface area contributed by atoms with E-state index in [0.29, 0.717) is 0 Å². The second-order valence-corrected chi connectivity index (χ2v) is 9.39. The van der Waals surface area contributed by atoms with Gasteiger partial charge < -0.3 is 9.73 Å². The Morgan fingerprint density at radius 3 is 2.66 bits per heavy atom. The van der Waals surface area contributed by atoms with Crippen molar-refractivity contribution in [1.29, 1.82) is 0 Å². The maximum Gasteiger partial charge on any atom is 0.143 e. The van der Waals surface area contributed by atoms with Crippen molar-refractivity contribution in [3.63, 3.8) is 0 Å². The molecule has 2 heteroatoms. The van der Waals surface area contributed by atoms with Crippen molar-refractivity contribution in [3.05, 3.63) is 132 Å². The van der Waals surface area contributed by atoms with Crippen LogP contribution in [0.3, 0.4) is 0 Å². The van der Waals surface area contributed by atoms with Crippen LogP contribution in [0, 0.1) is 5.92 Å². The summed E-state index contributed by atoms with van der Waals surface area (Å²) in [5.74, 6) is 0.270. The predicted octanol–water partition coefficient (Wildman–Crippen LogP) is 8.57. The molecule has 0 fully saturated rings. The number of fused-ring (bicyclic) bond motifs is 8. The lowest BCUT2D eigenvalue weighted by molar-refractivity contribution is 0.562. The van der Waals surface area contributed by atoms with Gasteiger partial charge in [-0.3, -0.25) is 0 Å². The quantitative estimate of drug-likeness (QED) is 0.297. The van der Waals surface area contributed by atoms with Gasteiger partial charge in [0.15, 0.2) is 0 Å². The zero-order valence-corrected chi connectivity index (χ0v) is 19.6. The summed E-state index contributed by atoms with van der Waals surface area (Å²) in [4.78, 5) is 0. The fourth-order valence-corrected chi connectivity index (χ4v) is 5.89. The van der Waals surface area contributed by atoms with Crippen LogP contribution in [0.4, 0.5) is 0 Å². The second-order valence-electron chi connectivity index (χ2n) is 9.39. The number of rotatable bonds is 3. The van der Waals surface area contributed by atoms with Crippen LogP contribution in [0.15, 0.2) is 119 Å². The third-order valence-electron chi connectivity index (χ3n) is 7.48. The largest absolute Gasteiger partial charge is 0.455 e. The highest BCUT2D eigenvalue weighted by molar-refractivity contribution is 6.20. The van der Waals surface area contributed by atoms with Gasteiger partial charge >= 0.3 is 0 Å². The maximum atomic E-state index is 6.50. The minimum absolute atomic E-state index is 0.202. The Balaban J connectivity index is 1.41. The molecule has 2 atom stereocenters. The van der Waals surface area contributed by atoms with E-state index in [1.807, 2.05) is 0 Å². The topological polar surface area (TPSA) is 25.2 Å². The lowest BCUT2D eigenvalue weighted by Crippen LogP contribution is -2.22. The summed E-state index contributed by atoms with van der Waals surface area (Å²) in [6.45, 7) is 6.67. The molecule has 2 aliphatic rings. The molecule has 2 nitrogen and oxygen atoms in total. The Labute approximate surface area is 204 Å². The number of hydrogen-bond donors (Lipinski definition) is 1. The van der Waals surface area contributed by atoms with E-state index in [-0.39, 0.29) is 12.0 Å². The third-order valence-corrected chi connectivity index (χ3v) is 7.48. The summed E-state index contributed by atoms with van der Waals surface area (Å²) in [6, 6.07) is 28.0. The lowest BCUT2D eigenvalue weighted by atomic mass is 9.82. The minimum atomic E-state index is 0.202. The average Bonchev–Trinajstić information content (AvgIpc) is 3.47. The van der Waals surface area contributed by atoms with Gasteiger partial charge in [-0.2, -0.15) is 0 Å². The smallest absolute Gasteiger partial charge is 0.143 e. The monoisotopic (exact) mass is 451 g/mol. The molecule has 1 aromatic heterocycles. The Morgan fingerprint density at radius 2 is 1.74 bits per heavy atom. The van der Waals surface area contributed by atoms with Gasteiger partial charge in [0.05, 0.1) is 6.04 Å². The van der Waals surface area contributed by atoms with E-state index < -0.39 is 0 Å². The zero-order chi connectivity index (χ0) is 23.5. The predicted molar refractivity (Wildman–Crippen MR) is 147 cm³/mol. The number of para-hydroxylation sites is 1. The van der Waals surface area contributed by atoms with Crippen molar-refractivity contribution < 1.29 is 4.42 Å². The number of furan rings is 1. The van der Waals surface area contributed by atoms with E-state index in [1.54, 1.807) is 0 Å². The molecule has 0 bridgehead atoms. The molecule has 0 radical (unpaired) electrons. The van der Waals surface area contributed by atoms with Gasteiger partial charge in [0, 0.05) is 33.5 Å². The van der Waals surface area contributed by atoms with E-state index in [4.69, 9.17) is 4.42 Å². The minimum Gasteiger partial charge on any atom is -0.455 e. The van der Waals surface area contributed by atoms with Gasteiger partial charge in [0.25, 0.3) is 0 Å². The van der Waals surface area contributed by atoms with Gasteiger partial charge in [-0.05, 0) is 40.5 Å². The Morgan fingerprint density at radius 1 is 0.914 bits per heavy atom. The van der Waals surface area contributed by atoms with Crippen molar-refractivity contribution in [3.8, 4) is 0 Å². The van der Waals surface area contributed by atoms with Crippen molar-refractivity contribution in [1.82, 2.24) is 5.32 Å². The van der Waals surface area contributed by atoms with Crippen LogP contribution in [-0.4, -0.2) is 0 Å². The standard InChI is InChI=1S/C33H25NO/c1-3-9-26-27-18-16-22-11-5-7-13-25(22)32(27)34-31(26)20(2)23-14-8-15-28-30-24-12-6-4-10-21(24)17-19-29(30)35-33(23)28/h3-19,27,32,34H,2H2,1H3/b9-3-. The Bertz CT molecular complexity index is 1760. The molecule has 168 valence electrons. The van der Waals surface area contributed by atoms with Gasteiger partial charge in [-0.15, -0.1) is 0 Å². The number of benzene rings is 4. The molecule has 1 aliphatic heterocycles. The first kappa shape index (κ1) is 20.1. The molecule has 0 amide bonds. The first-order valence-electron chi connectivity index (χ1n) is 12.2. The molecular weight excluding hydrogens is 426 g/mol. The molecule has 1 N–H and O–H groups in total. The van der Waals surface area contributed by atoms with Crippen LogP contribution >= 0.6 is 0 Å². The maximum absolute atomic E-state index is 6.50. The summed E-state index contributed by atoms with van der Waals surface area (Å²) in [6.07, 6.45) is 8.92. The third kappa shape index (κ3) is 2.90. The van der Waals surface area contributed by atoms with Crippen molar-refractivity contribution in [2.24, 2.45) is 5.92 Å². The molecule has 0 spiro atoms. The fraction of sp³-hybridized carbons (Fsp3) is 0.0909. The van der Waals surface area contributed by atoms with Crippen LogP contribution in [-0.2, 0) is 0 Å². The fourth-order valence-electron chi connectivity index (χ4n) is 5.89. The lowest BCUT2D eigenvalue weighted by Gasteiger charge is -2.25. The molecule has 5 aromatic rings. The highest BCUT2D eigenvalue weighted by Crippen LogP contribution is 2.46. The molecule has 2 unspecified atom stereocenters. The average molecular weight is 452 g/mol. The van der Waals surface area contributed by atoms with Crippen LogP contribution in [0.25, 0.3) is 44.4 Å². The molecule has 2 heterocycles. The van der Waals surface area contributed by atoms with E-state index in [9.17, 15) is 0 Å². The van der Waals surface area contributed by atoms with Crippen LogP contribution in [0.1, 0.15) is 29.7 Å². The van der Waals surface area contributed by atoms with Crippen molar-refractivity contribution in [2.45, 2.75) is 13.0 Å². The summed E-state index contributed by atoms with van der Waals surface area (Å²) in [7, 11) is 0. The first-order valence-corrected chi connectivity index (χ1v) is 12.2. The summed E-state index contributed by atoms with van der Waals surface area (Å²) in [5, 5.41) is 8.58. The normalized spacial score (nSPS) is 19.0. The molecule has 7 rings (SSSR count). The van der Waals surface area contributed by atoms with E-state index >= 15 is 0 Å². The second kappa shape index (κ2) is 7.61. The van der Waals surface area contributed by atoms with E-state index in [0.717, 1.165) is 33.4 Å². The van der Waals surface area contributed by atoms with Gasteiger partial charge in [0.1, 0.15) is 11.2 Å². The van der Waals surface area contributed by atoms with E-state index in [1.165, 1.54) is 32.9 Å². The van der Waals surface area contributed by atoms with Gasteiger partial charge in [-0.1, -0.05) is 104 Å². The van der Waals surface area contributed by atoms with Crippen LogP contribution in [0.5, 0.6) is 0 Å². The van der Waals surface area contributed by atoms with E-state index in [2.05, 4.69) is 122 Å². The highest BCUT2D eigenvalue weighted by atomic mass is 16.3. The molecule has 0 saturated heterocycles. The highest BCUT2D eigenvalue weighted by Gasteiger charge is 2.36. The SMILES string of the molecule is C=C(C1=C(/C=C\C)C2C=Cc3ccccc3C2N1)c1cccc2c1oc1ccc3ccccc3c12. The molecule has 0 saturated carbocycles. The van der Waals surface area contributed by atoms with Crippen LogP contribution in [0.2, 0.25) is 0 Å². The number of allylic oxidation sites excluding steroid dienone is 3. The van der Waals surface area contributed by atoms with Crippen LogP contribution < -0.4 is 5.32 Å². The molecular formula is C33H25NO. The molecule has 35 heavy (non-hydrogen) atoms. The zero-order valence-electron chi connectivity index (χ0n) is 19.6. The number of nitrogens with one attached hydrogen (secondary N) is 1. The number of hydrogen-bond acceptors (Lipinski definition) is 2. The molecule has 1 aliphatic carbocycles. The molecule has 4 aromatic carbocycles. The summed E-state index contributed by atoms with van der Waals surface area (Å²) < 4.78 is 6.50. The summed E-state index contributed by atoms with van der Waals surface area (Å²) >= 11 is 0. The van der Waals surface area contributed by atoms with Crippen molar-refractivity contribution in [2.75, 3.05) is 0 Å². The Hall–Kier alpha value is -4.30. The summed E-state index contributed by atoms with van der Waals surface area (Å²) in [5.41, 5.74) is 8.77. The first-order chi connectivity index (χ1) is 17.2. The van der Waals surface area contributed by atoms with Crippen molar-refractivity contribution >= 4 is 44.4 Å². The van der Waals surface area contributed by atoms with Gasteiger partial charge in [-0.25, -0.2) is 0 Å². The van der Waals surface area contributed by atoms with Gasteiger partial charge in [0.2, 0.25) is 0 Å².